The molecule has 0 saturated heterocycles. The van der Waals surface area contributed by atoms with Crippen LogP contribution in [0.15, 0.2) is 11.1 Å². The Labute approximate surface area is 116 Å². The molecule has 3 aliphatic rings. The van der Waals surface area contributed by atoms with Crippen LogP contribution in [0.25, 0.3) is 0 Å². The minimum Gasteiger partial charge on any atom is -0.393 e. The first-order valence-corrected chi connectivity index (χ1v) is 7.28. The van der Waals surface area contributed by atoms with E-state index in [2.05, 4.69) is 19.8 Å². The van der Waals surface area contributed by atoms with Crippen LogP contribution in [0.4, 0.5) is 0 Å². The molecule has 19 heavy (non-hydrogen) atoms. The van der Waals surface area contributed by atoms with Gasteiger partial charge in [-0.3, -0.25) is 4.79 Å². The van der Waals surface area contributed by atoms with Crippen LogP contribution >= 0.6 is 0 Å². The Morgan fingerprint density at radius 2 is 1.89 bits per heavy atom. The third-order valence-corrected chi connectivity index (χ3v) is 5.81. The van der Waals surface area contributed by atoms with Crippen molar-refractivity contribution in [1.82, 2.24) is 0 Å². The van der Waals surface area contributed by atoms with Crippen molar-refractivity contribution in [3.8, 4) is 12.8 Å². The molecular formula is C17H24O2. The van der Waals surface area contributed by atoms with E-state index in [1.165, 1.54) is 5.57 Å². The lowest BCUT2D eigenvalue weighted by Crippen LogP contribution is -2.42. The van der Waals surface area contributed by atoms with Gasteiger partial charge in [-0.15, -0.1) is 12.8 Å². The standard InChI is InChI=1S/C15H22O2.C2H2/c1-9-10-7-8-15(2)12(4-6-14(15)17)11(10)3-5-13(9)16;1-2/h11-12,14,17H,3-8H2,1-2H3;1-2H. The third-order valence-electron chi connectivity index (χ3n) is 5.81. The summed E-state index contributed by atoms with van der Waals surface area (Å²) in [6.07, 6.45) is 13.8. The van der Waals surface area contributed by atoms with E-state index < -0.39 is 0 Å². The van der Waals surface area contributed by atoms with Gasteiger partial charge in [0.1, 0.15) is 0 Å². The van der Waals surface area contributed by atoms with Crippen LogP contribution in [-0.2, 0) is 4.79 Å². The number of terminal acetylenes is 1. The Balaban J connectivity index is 0.000000637. The number of allylic oxidation sites excluding steroid dienone is 2. The monoisotopic (exact) mass is 260 g/mol. The first kappa shape index (κ1) is 14.3. The predicted octanol–water partition coefficient (Wildman–Crippen LogP) is 3.10. The van der Waals surface area contributed by atoms with E-state index in [0.29, 0.717) is 17.6 Å². The number of aliphatic hydroxyl groups excluding tert-OH is 1. The van der Waals surface area contributed by atoms with Gasteiger partial charge < -0.3 is 5.11 Å². The normalized spacial score (nSPS) is 41.1. The Morgan fingerprint density at radius 3 is 2.58 bits per heavy atom. The summed E-state index contributed by atoms with van der Waals surface area (Å²) in [7, 11) is 0. The lowest BCUT2D eigenvalue weighted by Gasteiger charge is -2.46. The SMILES string of the molecule is C#C.CC1=C2CCC3(C)C(O)CCC3C2CCC1=O. The zero-order valence-electron chi connectivity index (χ0n) is 12.0. The maximum atomic E-state index is 11.8. The van der Waals surface area contributed by atoms with Crippen molar-refractivity contribution in [1.29, 1.82) is 0 Å². The van der Waals surface area contributed by atoms with E-state index in [-0.39, 0.29) is 11.5 Å². The molecule has 2 heteroatoms. The molecule has 3 rings (SSSR count). The van der Waals surface area contributed by atoms with Crippen molar-refractivity contribution in [2.45, 2.75) is 58.5 Å². The molecule has 4 atom stereocenters. The lowest BCUT2D eigenvalue weighted by molar-refractivity contribution is -0.117. The first-order valence-electron chi connectivity index (χ1n) is 7.28. The molecule has 0 aromatic rings. The summed E-state index contributed by atoms with van der Waals surface area (Å²) in [4.78, 5) is 11.8. The average Bonchev–Trinajstić information content (AvgIpc) is 2.73. The van der Waals surface area contributed by atoms with Crippen LogP contribution < -0.4 is 0 Å². The summed E-state index contributed by atoms with van der Waals surface area (Å²) in [5.41, 5.74) is 2.59. The topological polar surface area (TPSA) is 37.3 Å². The number of carbonyl (C=O) groups excluding carboxylic acids is 1. The van der Waals surface area contributed by atoms with Crippen molar-refractivity contribution in [2.24, 2.45) is 17.3 Å². The van der Waals surface area contributed by atoms with Gasteiger partial charge in [0.25, 0.3) is 0 Å². The fourth-order valence-corrected chi connectivity index (χ4v) is 4.58. The van der Waals surface area contributed by atoms with Crippen LogP contribution in [0.2, 0.25) is 0 Å². The molecule has 4 unspecified atom stereocenters. The second-order valence-corrected chi connectivity index (χ2v) is 6.42. The van der Waals surface area contributed by atoms with Gasteiger partial charge in [-0.25, -0.2) is 0 Å². The molecule has 0 radical (unpaired) electrons. The Morgan fingerprint density at radius 1 is 1.21 bits per heavy atom. The average molecular weight is 260 g/mol. The second-order valence-electron chi connectivity index (χ2n) is 6.42. The Kier molecular flexibility index (Phi) is 3.87. The summed E-state index contributed by atoms with van der Waals surface area (Å²) >= 11 is 0. The second kappa shape index (κ2) is 5.13. The number of carbonyl (C=O) groups is 1. The number of rotatable bonds is 0. The maximum Gasteiger partial charge on any atom is 0.158 e. The highest BCUT2D eigenvalue weighted by molar-refractivity contribution is 5.96. The quantitative estimate of drug-likeness (QED) is 0.680. The van der Waals surface area contributed by atoms with Crippen molar-refractivity contribution in [2.75, 3.05) is 0 Å². The van der Waals surface area contributed by atoms with E-state index in [1.807, 2.05) is 6.92 Å². The summed E-state index contributed by atoms with van der Waals surface area (Å²) in [6, 6.07) is 0. The molecule has 2 nitrogen and oxygen atoms in total. The molecule has 2 fully saturated rings. The lowest BCUT2D eigenvalue weighted by atomic mass is 9.58. The van der Waals surface area contributed by atoms with Gasteiger partial charge in [0.15, 0.2) is 5.78 Å². The van der Waals surface area contributed by atoms with E-state index >= 15 is 0 Å². The fourth-order valence-electron chi connectivity index (χ4n) is 4.58. The molecule has 104 valence electrons. The fraction of sp³-hybridized carbons (Fsp3) is 0.706. The molecule has 1 N–H and O–H groups in total. The maximum absolute atomic E-state index is 11.8. The highest BCUT2D eigenvalue weighted by Gasteiger charge is 2.52. The number of aliphatic hydroxyl groups is 1. The Bertz CT molecular complexity index is 432. The summed E-state index contributed by atoms with van der Waals surface area (Å²) < 4.78 is 0. The van der Waals surface area contributed by atoms with E-state index in [4.69, 9.17) is 0 Å². The molecule has 2 saturated carbocycles. The van der Waals surface area contributed by atoms with Crippen molar-refractivity contribution in [3.63, 3.8) is 0 Å². The molecule has 3 aliphatic carbocycles. The van der Waals surface area contributed by atoms with Gasteiger partial charge in [0, 0.05) is 6.42 Å². The smallest absolute Gasteiger partial charge is 0.158 e. The van der Waals surface area contributed by atoms with E-state index in [0.717, 1.165) is 44.1 Å². The molecule has 0 amide bonds. The largest absolute Gasteiger partial charge is 0.393 e. The van der Waals surface area contributed by atoms with E-state index in [9.17, 15) is 9.90 Å². The van der Waals surface area contributed by atoms with Gasteiger partial charge in [-0.1, -0.05) is 12.5 Å². The third kappa shape index (κ3) is 2.05. The number of hydrogen-bond acceptors (Lipinski definition) is 2. The predicted molar refractivity (Wildman–Crippen MR) is 76.4 cm³/mol. The Hall–Kier alpha value is -1.07. The summed E-state index contributed by atoms with van der Waals surface area (Å²) in [5.74, 6) is 1.56. The molecule has 0 aliphatic heterocycles. The minimum absolute atomic E-state index is 0.119. The highest BCUT2D eigenvalue weighted by Crippen LogP contribution is 2.58. The van der Waals surface area contributed by atoms with Crippen molar-refractivity contribution >= 4 is 5.78 Å². The summed E-state index contributed by atoms with van der Waals surface area (Å²) in [6.45, 7) is 4.27. The number of ketones is 1. The van der Waals surface area contributed by atoms with Crippen LogP contribution in [0, 0.1) is 30.1 Å². The molecule has 0 aromatic carbocycles. The van der Waals surface area contributed by atoms with Gasteiger partial charge in [0.05, 0.1) is 6.10 Å². The zero-order chi connectivity index (χ0) is 14.2. The van der Waals surface area contributed by atoms with Gasteiger partial charge in [-0.05, 0) is 61.9 Å². The highest BCUT2D eigenvalue weighted by atomic mass is 16.3. The molecule has 0 bridgehead atoms. The minimum atomic E-state index is -0.119. The molecular weight excluding hydrogens is 236 g/mol. The van der Waals surface area contributed by atoms with Crippen LogP contribution in [0.3, 0.4) is 0 Å². The van der Waals surface area contributed by atoms with Crippen LogP contribution in [-0.4, -0.2) is 17.0 Å². The number of fused-ring (bicyclic) bond motifs is 3. The number of hydrogen-bond donors (Lipinski definition) is 1. The van der Waals surface area contributed by atoms with Crippen LogP contribution in [0.1, 0.15) is 52.4 Å². The molecule has 0 heterocycles. The summed E-state index contributed by atoms with van der Waals surface area (Å²) in [5, 5.41) is 10.2. The van der Waals surface area contributed by atoms with Gasteiger partial charge in [0.2, 0.25) is 0 Å². The van der Waals surface area contributed by atoms with E-state index in [1.54, 1.807) is 0 Å². The van der Waals surface area contributed by atoms with Crippen molar-refractivity contribution < 1.29 is 9.90 Å². The van der Waals surface area contributed by atoms with Crippen LogP contribution in [0.5, 0.6) is 0 Å². The molecule has 0 aromatic heterocycles. The molecule has 0 spiro atoms. The zero-order valence-corrected chi connectivity index (χ0v) is 12.0. The van der Waals surface area contributed by atoms with Gasteiger partial charge >= 0.3 is 0 Å². The van der Waals surface area contributed by atoms with Gasteiger partial charge in [-0.2, -0.15) is 0 Å². The first-order chi connectivity index (χ1) is 9.04. The number of Topliss-reactive ketones (excluding diaryl/α,β-unsaturated/α-hetero) is 1. The van der Waals surface area contributed by atoms with Crippen molar-refractivity contribution in [3.05, 3.63) is 11.1 Å².